The Labute approximate surface area is 196 Å². The summed E-state index contributed by atoms with van der Waals surface area (Å²) in [6, 6.07) is 8.85. The molecule has 168 valence electrons. The van der Waals surface area contributed by atoms with E-state index in [0.717, 1.165) is 43.3 Å². The molecule has 2 aliphatic rings. The first-order valence-electron chi connectivity index (χ1n) is 11.1. The van der Waals surface area contributed by atoms with Gasteiger partial charge in [-0.25, -0.2) is 0 Å². The molecular weight excluding hydrogens is 444 g/mol. The third kappa shape index (κ3) is 3.88. The Hall–Kier alpha value is -2.19. The Kier molecular flexibility index (Phi) is 5.61. The quantitative estimate of drug-likeness (QED) is 0.500. The Bertz CT molecular complexity index is 1200. The molecule has 0 saturated heterocycles. The fourth-order valence-electron chi connectivity index (χ4n) is 4.96. The van der Waals surface area contributed by atoms with Gasteiger partial charge < -0.3 is 20.9 Å². The van der Waals surface area contributed by atoms with Gasteiger partial charge in [-0.2, -0.15) is 0 Å². The maximum atomic E-state index is 13.6. The molecule has 5 rings (SSSR count). The van der Waals surface area contributed by atoms with Gasteiger partial charge in [-0.1, -0.05) is 24.4 Å². The molecule has 8 heteroatoms. The van der Waals surface area contributed by atoms with Crippen LogP contribution in [0.2, 0.25) is 5.02 Å². The van der Waals surface area contributed by atoms with Crippen LogP contribution in [0, 0.1) is 0 Å². The summed E-state index contributed by atoms with van der Waals surface area (Å²) in [4.78, 5) is 34.1. The summed E-state index contributed by atoms with van der Waals surface area (Å²) < 4.78 is 0. The van der Waals surface area contributed by atoms with Crippen molar-refractivity contribution in [1.82, 2.24) is 15.2 Å². The van der Waals surface area contributed by atoms with Gasteiger partial charge in [0, 0.05) is 33.9 Å². The summed E-state index contributed by atoms with van der Waals surface area (Å²) in [7, 11) is 2.09. The molecule has 6 nitrogen and oxygen atoms in total. The predicted molar refractivity (Wildman–Crippen MR) is 129 cm³/mol. The molecule has 2 unspecified atom stereocenters. The average Bonchev–Trinajstić information content (AvgIpc) is 3.38. The number of hydrogen-bond donors (Lipinski definition) is 3. The fraction of sp³-hybridized carbons (Fsp3) is 0.417. The van der Waals surface area contributed by atoms with E-state index < -0.39 is 11.6 Å². The van der Waals surface area contributed by atoms with Crippen molar-refractivity contribution in [2.24, 2.45) is 5.73 Å². The molecule has 0 bridgehead atoms. The highest BCUT2D eigenvalue weighted by molar-refractivity contribution is 7.14. The van der Waals surface area contributed by atoms with Gasteiger partial charge in [0.1, 0.15) is 5.54 Å². The summed E-state index contributed by atoms with van der Waals surface area (Å²) in [5.41, 5.74) is 8.14. The number of benzene rings is 1. The number of nitrogens with one attached hydrogen (secondary N) is 2. The van der Waals surface area contributed by atoms with E-state index in [-0.39, 0.29) is 11.7 Å². The predicted octanol–water partition coefficient (Wildman–Crippen LogP) is 4.12. The highest BCUT2D eigenvalue weighted by Gasteiger charge is 2.45. The molecule has 3 heterocycles. The number of nitrogens with two attached hydrogens (primary N) is 1. The second-order valence-electron chi connectivity index (χ2n) is 9.10. The zero-order chi connectivity index (χ0) is 22.5. The Morgan fingerprint density at radius 3 is 2.97 bits per heavy atom. The van der Waals surface area contributed by atoms with Crippen LogP contribution in [0.1, 0.15) is 56.3 Å². The highest BCUT2D eigenvalue weighted by Crippen LogP contribution is 2.32. The summed E-state index contributed by atoms with van der Waals surface area (Å²) in [6.07, 6.45) is 3.99. The topological polar surface area (TPSA) is 91.2 Å². The summed E-state index contributed by atoms with van der Waals surface area (Å²) in [6.45, 7) is 1.87. The van der Waals surface area contributed by atoms with E-state index in [0.29, 0.717) is 28.4 Å². The van der Waals surface area contributed by atoms with Crippen LogP contribution >= 0.6 is 22.9 Å². The maximum Gasteiger partial charge on any atom is 0.261 e. The molecule has 1 aliphatic heterocycles. The van der Waals surface area contributed by atoms with Crippen molar-refractivity contribution in [3.8, 4) is 0 Å². The smallest absolute Gasteiger partial charge is 0.261 e. The molecule has 0 spiro atoms. The lowest BCUT2D eigenvalue weighted by Gasteiger charge is -2.40. The van der Waals surface area contributed by atoms with Gasteiger partial charge in [0.2, 0.25) is 5.78 Å². The normalized spacial score (nSPS) is 23.8. The molecule has 2 atom stereocenters. The number of halogens is 1. The lowest BCUT2D eigenvalue weighted by molar-refractivity contribution is 0.0756. The minimum Gasteiger partial charge on any atom is -0.352 e. The number of ketones is 1. The van der Waals surface area contributed by atoms with Crippen LogP contribution < -0.4 is 11.1 Å². The molecule has 1 amide bonds. The first-order chi connectivity index (χ1) is 15.3. The van der Waals surface area contributed by atoms with Gasteiger partial charge in [0.25, 0.3) is 5.91 Å². The Morgan fingerprint density at radius 1 is 1.28 bits per heavy atom. The molecule has 0 radical (unpaired) electrons. The molecule has 1 aromatic carbocycles. The SMILES string of the molecule is CN1CCc2sc(C(=O)NC3CCCCC3(N)C(=O)c3cc4cc(Cl)ccc4[nH]3)cc2C1. The summed E-state index contributed by atoms with van der Waals surface area (Å²) >= 11 is 7.66. The zero-order valence-corrected chi connectivity index (χ0v) is 19.6. The van der Waals surface area contributed by atoms with Gasteiger partial charge in [-0.15, -0.1) is 11.3 Å². The Morgan fingerprint density at radius 2 is 2.12 bits per heavy atom. The number of Topliss-reactive ketones (excluding diaryl/α,β-unsaturated/α-hetero) is 1. The Balaban J connectivity index is 1.39. The van der Waals surface area contributed by atoms with Gasteiger partial charge in [0.05, 0.1) is 16.6 Å². The third-order valence-corrected chi connectivity index (χ3v) is 8.26. The van der Waals surface area contributed by atoms with E-state index in [1.165, 1.54) is 10.4 Å². The van der Waals surface area contributed by atoms with Crippen molar-refractivity contribution < 1.29 is 9.59 Å². The zero-order valence-electron chi connectivity index (χ0n) is 18.0. The molecule has 32 heavy (non-hydrogen) atoms. The fourth-order valence-corrected chi connectivity index (χ4v) is 6.21. The molecule has 3 aromatic rings. The van der Waals surface area contributed by atoms with Crippen molar-refractivity contribution in [1.29, 1.82) is 0 Å². The van der Waals surface area contributed by atoms with Gasteiger partial charge in [-0.3, -0.25) is 9.59 Å². The number of fused-ring (bicyclic) bond motifs is 2. The number of aromatic amines is 1. The van der Waals surface area contributed by atoms with Crippen LogP contribution in [0.25, 0.3) is 10.9 Å². The van der Waals surface area contributed by atoms with Crippen LogP contribution in [0.3, 0.4) is 0 Å². The third-order valence-electron chi connectivity index (χ3n) is 6.79. The van der Waals surface area contributed by atoms with E-state index in [1.54, 1.807) is 23.5 Å². The number of hydrogen-bond acceptors (Lipinski definition) is 5. The number of likely N-dealkylation sites (N-methyl/N-ethyl adjacent to an activating group) is 1. The molecule has 1 aliphatic carbocycles. The second-order valence-corrected chi connectivity index (χ2v) is 10.7. The van der Waals surface area contributed by atoms with Crippen LogP contribution in [-0.2, 0) is 13.0 Å². The lowest BCUT2D eigenvalue weighted by atomic mass is 9.74. The van der Waals surface area contributed by atoms with Crippen LogP contribution in [0.5, 0.6) is 0 Å². The largest absolute Gasteiger partial charge is 0.352 e. The van der Waals surface area contributed by atoms with E-state index in [2.05, 4.69) is 22.2 Å². The number of rotatable bonds is 4. The van der Waals surface area contributed by atoms with Crippen molar-refractivity contribution in [3.63, 3.8) is 0 Å². The minimum absolute atomic E-state index is 0.134. The van der Waals surface area contributed by atoms with Crippen molar-refractivity contribution >= 4 is 45.5 Å². The van der Waals surface area contributed by atoms with E-state index in [4.69, 9.17) is 17.3 Å². The molecule has 2 aromatic heterocycles. The molecular formula is C24H27ClN4O2S. The first-order valence-corrected chi connectivity index (χ1v) is 12.3. The maximum absolute atomic E-state index is 13.6. The van der Waals surface area contributed by atoms with Crippen molar-refractivity contribution in [3.05, 3.63) is 56.4 Å². The van der Waals surface area contributed by atoms with E-state index in [9.17, 15) is 9.59 Å². The van der Waals surface area contributed by atoms with Crippen LogP contribution in [-0.4, -0.2) is 46.7 Å². The van der Waals surface area contributed by atoms with Crippen molar-refractivity contribution in [2.45, 2.75) is 50.2 Å². The summed E-state index contributed by atoms with van der Waals surface area (Å²) in [5.74, 6) is -0.299. The van der Waals surface area contributed by atoms with Gasteiger partial charge in [0.15, 0.2) is 0 Å². The average molecular weight is 471 g/mol. The number of aromatic nitrogens is 1. The second kappa shape index (κ2) is 8.30. The standard InChI is InChI=1S/C24H27ClN4O2S/c1-29-9-7-19-15(13-29)12-20(32-19)23(31)28-21-4-2-3-8-24(21,26)22(30)18-11-14-10-16(25)5-6-17(14)27-18/h5-6,10-12,21,27H,2-4,7-9,13,26H2,1H3,(H,28,31). The number of amides is 1. The van der Waals surface area contributed by atoms with E-state index in [1.807, 2.05) is 18.2 Å². The van der Waals surface area contributed by atoms with Gasteiger partial charge >= 0.3 is 0 Å². The minimum atomic E-state index is -1.14. The van der Waals surface area contributed by atoms with Gasteiger partial charge in [-0.05, 0) is 62.2 Å². The number of carbonyl (C=O) groups is 2. The highest BCUT2D eigenvalue weighted by atomic mass is 35.5. The van der Waals surface area contributed by atoms with Crippen molar-refractivity contribution in [2.75, 3.05) is 13.6 Å². The van der Waals surface area contributed by atoms with E-state index >= 15 is 0 Å². The first kappa shape index (κ1) is 21.6. The molecule has 1 fully saturated rings. The number of H-pyrrole nitrogens is 1. The summed E-state index contributed by atoms with van der Waals surface area (Å²) in [5, 5.41) is 4.60. The monoisotopic (exact) mass is 470 g/mol. The number of nitrogens with zero attached hydrogens (tertiary/aromatic N) is 1. The van der Waals surface area contributed by atoms with Crippen LogP contribution in [0.4, 0.5) is 0 Å². The molecule has 4 N–H and O–H groups in total. The molecule has 1 saturated carbocycles. The number of carbonyl (C=O) groups excluding carboxylic acids is 2. The lowest BCUT2D eigenvalue weighted by Crippen LogP contribution is -2.64. The van der Waals surface area contributed by atoms with Crippen LogP contribution in [0.15, 0.2) is 30.3 Å². The number of thiophene rings is 1.